The van der Waals surface area contributed by atoms with Gasteiger partial charge in [0.25, 0.3) is 0 Å². The Hall–Kier alpha value is -1.10. The predicted octanol–water partition coefficient (Wildman–Crippen LogP) is 5.51. The molecular weight excluding hydrogens is 410 g/mol. The van der Waals surface area contributed by atoms with Crippen molar-refractivity contribution in [2.45, 2.75) is 108 Å². The first kappa shape index (κ1) is 25.0. The molecule has 4 N–H and O–H groups in total. The maximum Gasteiger partial charge on any atom is 0.123 e. The second-order valence-corrected chi connectivity index (χ2v) is 11.8. The molecule has 4 saturated carbocycles. The summed E-state index contributed by atoms with van der Waals surface area (Å²) in [6.45, 7) is 2.70. The van der Waals surface area contributed by atoms with Crippen molar-refractivity contribution in [3.05, 3.63) is 29.3 Å². The standard InChI is InChI=1S/C29H47NO3/c1-2-3-4-5-6-7-12-33-27-9-8-22(10-11-29(30,20-31)21-32)16-26(27)28-17-23-13-24(18-28)15-25(14-23)19-28/h8-9,16,23-25,31-32H,2-7,10-15,17-21,30H2,1H3. The highest BCUT2D eigenvalue weighted by Crippen LogP contribution is 2.62. The number of benzene rings is 1. The fourth-order valence-corrected chi connectivity index (χ4v) is 7.38. The highest BCUT2D eigenvalue weighted by molar-refractivity contribution is 5.44. The van der Waals surface area contributed by atoms with Crippen molar-refractivity contribution in [3.63, 3.8) is 0 Å². The Kier molecular flexibility index (Phi) is 8.41. The van der Waals surface area contributed by atoms with E-state index in [4.69, 9.17) is 10.5 Å². The van der Waals surface area contributed by atoms with Gasteiger partial charge in [0, 0.05) is 5.56 Å². The quantitative estimate of drug-likeness (QED) is 0.322. The topological polar surface area (TPSA) is 75.7 Å². The molecule has 1 aromatic carbocycles. The van der Waals surface area contributed by atoms with Crippen molar-refractivity contribution < 1.29 is 14.9 Å². The van der Waals surface area contributed by atoms with Crippen LogP contribution in [-0.4, -0.2) is 35.6 Å². The van der Waals surface area contributed by atoms with Gasteiger partial charge in [-0.15, -0.1) is 0 Å². The zero-order valence-corrected chi connectivity index (χ0v) is 20.9. The highest BCUT2D eigenvalue weighted by atomic mass is 16.5. The van der Waals surface area contributed by atoms with E-state index in [0.29, 0.717) is 6.42 Å². The maximum absolute atomic E-state index is 9.60. The molecule has 0 spiro atoms. The molecule has 0 radical (unpaired) electrons. The van der Waals surface area contributed by atoms with Gasteiger partial charge in [-0.2, -0.15) is 0 Å². The number of nitrogens with two attached hydrogens (primary N) is 1. The summed E-state index contributed by atoms with van der Waals surface area (Å²) in [5.74, 6) is 3.79. The first-order chi connectivity index (χ1) is 16.0. The number of ether oxygens (including phenoxy) is 1. The summed E-state index contributed by atoms with van der Waals surface area (Å²) in [6.07, 6.45) is 17.3. The van der Waals surface area contributed by atoms with Crippen molar-refractivity contribution in [3.8, 4) is 5.75 Å². The van der Waals surface area contributed by atoms with Crippen molar-refractivity contribution in [2.75, 3.05) is 19.8 Å². The van der Waals surface area contributed by atoms with Crippen LogP contribution in [0.2, 0.25) is 0 Å². The normalized spacial score (nSPS) is 28.4. The van der Waals surface area contributed by atoms with Crippen LogP contribution >= 0.6 is 0 Å². The molecule has 4 aliphatic carbocycles. The minimum absolute atomic E-state index is 0.190. The number of aliphatic hydroxyl groups excluding tert-OH is 2. The first-order valence-corrected chi connectivity index (χ1v) is 13.8. The molecule has 0 unspecified atom stereocenters. The fourth-order valence-electron chi connectivity index (χ4n) is 7.38. The molecule has 0 heterocycles. The molecule has 4 heteroatoms. The van der Waals surface area contributed by atoms with E-state index >= 15 is 0 Å². The molecule has 33 heavy (non-hydrogen) atoms. The molecule has 0 amide bonds. The zero-order chi connectivity index (χ0) is 23.3. The molecule has 5 rings (SSSR count). The van der Waals surface area contributed by atoms with Crippen LogP contribution in [0.15, 0.2) is 18.2 Å². The molecule has 4 bridgehead atoms. The lowest BCUT2D eigenvalue weighted by molar-refractivity contribution is -0.00644. The van der Waals surface area contributed by atoms with Crippen molar-refractivity contribution in [1.82, 2.24) is 0 Å². The Balaban J connectivity index is 1.48. The van der Waals surface area contributed by atoms with Crippen LogP contribution in [0.25, 0.3) is 0 Å². The average molecular weight is 458 g/mol. The van der Waals surface area contributed by atoms with Crippen LogP contribution in [0.4, 0.5) is 0 Å². The molecule has 0 atom stereocenters. The van der Waals surface area contributed by atoms with Gasteiger partial charge < -0.3 is 20.7 Å². The van der Waals surface area contributed by atoms with E-state index in [1.54, 1.807) is 0 Å². The van der Waals surface area contributed by atoms with Crippen LogP contribution in [0.3, 0.4) is 0 Å². The number of aliphatic hydroxyl groups is 2. The fraction of sp³-hybridized carbons (Fsp3) is 0.793. The average Bonchev–Trinajstić information content (AvgIpc) is 2.81. The third-order valence-corrected chi connectivity index (χ3v) is 8.95. The smallest absolute Gasteiger partial charge is 0.123 e. The van der Waals surface area contributed by atoms with E-state index in [-0.39, 0.29) is 18.6 Å². The predicted molar refractivity (Wildman–Crippen MR) is 135 cm³/mol. The summed E-state index contributed by atoms with van der Waals surface area (Å²) in [6, 6.07) is 6.78. The number of rotatable bonds is 14. The third kappa shape index (κ3) is 5.94. The third-order valence-electron chi connectivity index (χ3n) is 8.95. The van der Waals surface area contributed by atoms with Crippen molar-refractivity contribution in [1.29, 1.82) is 0 Å². The molecule has 0 aromatic heterocycles. The summed E-state index contributed by atoms with van der Waals surface area (Å²) in [5.41, 5.74) is 8.24. The lowest BCUT2D eigenvalue weighted by atomic mass is 9.48. The number of aryl methyl sites for hydroxylation is 1. The largest absolute Gasteiger partial charge is 0.493 e. The van der Waals surface area contributed by atoms with E-state index in [1.807, 2.05) is 0 Å². The summed E-state index contributed by atoms with van der Waals surface area (Å²) in [5, 5.41) is 19.2. The van der Waals surface area contributed by atoms with Gasteiger partial charge in [-0.25, -0.2) is 0 Å². The van der Waals surface area contributed by atoms with Crippen molar-refractivity contribution >= 4 is 0 Å². The molecule has 0 aliphatic heterocycles. The Morgan fingerprint density at radius 1 is 0.939 bits per heavy atom. The second kappa shape index (κ2) is 11.1. The van der Waals surface area contributed by atoms with Crippen LogP contribution in [0.1, 0.15) is 102 Å². The maximum atomic E-state index is 9.60. The van der Waals surface area contributed by atoms with Crippen LogP contribution in [-0.2, 0) is 11.8 Å². The molecule has 1 aromatic rings. The van der Waals surface area contributed by atoms with Gasteiger partial charge in [0.2, 0.25) is 0 Å². The number of hydrogen-bond donors (Lipinski definition) is 3. The zero-order valence-electron chi connectivity index (χ0n) is 20.9. The second-order valence-electron chi connectivity index (χ2n) is 11.8. The van der Waals surface area contributed by atoms with Gasteiger partial charge in [-0.3, -0.25) is 0 Å². The Bertz CT molecular complexity index is 722. The lowest BCUT2D eigenvalue weighted by Gasteiger charge is -2.57. The molecular formula is C29H47NO3. The van der Waals surface area contributed by atoms with Crippen LogP contribution in [0.5, 0.6) is 5.75 Å². The molecule has 4 aliphatic rings. The van der Waals surface area contributed by atoms with Crippen molar-refractivity contribution in [2.24, 2.45) is 23.5 Å². The number of unbranched alkanes of at least 4 members (excludes halogenated alkanes) is 5. The summed E-state index contributed by atoms with van der Waals surface area (Å²) in [7, 11) is 0. The van der Waals surface area contributed by atoms with Crippen LogP contribution in [0, 0.1) is 17.8 Å². The summed E-state index contributed by atoms with van der Waals surface area (Å²) >= 11 is 0. The highest BCUT2D eigenvalue weighted by Gasteiger charge is 2.52. The van der Waals surface area contributed by atoms with E-state index < -0.39 is 5.54 Å². The molecule has 4 fully saturated rings. The molecule has 186 valence electrons. The van der Waals surface area contributed by atoms with E-state index in [9.17, 15) is 10.2 Å². The first-order valence-electron chi connectivity index (χ1n) is 13.8. The van der Waals surface area contributed by atoms with E-state index in [2.05, 4.69) is 25.1 Å². The Labute approximate surface area is 201 Å². The van der Waals surface area contributed by atoms with Gasteiger partial charge in [-0.05, 0) is 92.6 Å². The van der Waals surface area contributed by atoms with Gasteiger partial charge in [-0.1, -0.05) is 51.2 Å². The van der Waals surface area contributed by atoms with Crippen LogP contribution < -0.4 is 10.5 Å². The minimum Gasteiger partial charge on any atom is -0.493 e. The monoisotopic (exact) mass is 457 g/mol. The SMILES string of the molecule is CCCCCCCCOc1ccc(CCC(N)(CO)CO)cc1C12CC3CC(CC(C3)C1)C2. The Morgan fingerprint density at radius 3 is 2.15 bits per heavy atom. The van der Waals surface area contributed by atoms with Gasteiger partial charge in [0.05, 0.1) is 25.4 Å². The Morgan fingerprint density at radius 2 is 1.55 bits per heavy atom. The molecule has 0 saturated heterocycles. The lowest BCUT2D eigenvalue weighted by Crippen LogP contribution is -2.48. The summed E-state index contributed by atoms with van der Waals surface area (Å²) in [4.78, 5) is 0. The summed E-state index contributed by atoms with van der Waals surface area (Å²) < 4.78 is 6.47. The van der Waals surface area contributed by atoms with E-state index in [1.165, 1.54) is 81.8 Å². The molecule has 4 nitrogen and oxygen atoms in total. The minimum atomic E-state index is -0.909. The van der Waals surface area contributed by atoms with Gasteiger partial charge >= 0.3 is 0 Å². The van der Waals surface area contributed by atoms with E-state index in [0.717, 1.165) is 43.0 Å². The number of hydrogen-bond acceptors (Lipinski definition) is 4. The van der Waals surface area contributed by atoms with Gasteiger partial charge in [0.15, 0.2) is 0 Å². The van der Waals surface area contributed by atoms with Gasteiger partial charge in [0.1, 0.15) is 5.75 Å².